The van der Waals surface area contributed by atoms with Gasteiger partial charge in [-0.25, -0.2) is 0 Å². The van der Waals surface area contributed by atoms with Crippen LogP contribution in [0.25, 0.3) is 0 Å². The van der Waals surface area contributed by atoms with Crippen molar-refractivity contribution in [3.05, 3.63) is 34.9 Å². The maximum Gasteiger partial charge on any atom is 0.0682 e. The van der Waals surface area contributed by atoms with Crippen molar-refractivity contribution < 1.29 is 5.11 Å². The van der Waals surface area contributed by atoms with Gasteiger partial charge in [0.15, 0.2) is 0 Å². The average Bonchev–Trinajstić information content (AvgIpc) is 2.15. The van der Waals surface area contributed by atoms with Crippen LogP contribution in [0.1, 0.15) is 57.2 Å². The van der Waals surface area contributed by atoms with Crippen LogP contribution in [0.3, 0.4) is 0 Å². The molecule has 0 atom stereocenters. The normalized spacial score (nSPS) is 12.2. The van der Waals surface area contributed by atoms with Gasteiger partial charge in [0.1, 0.15) is 0 Å². The minimum atomic E-state index is 0.129. The second-order valence-electron chi connectivity index (χ2n) is 5.53. The highest BCUT2D eigenvalue weighted by Crippen LogP contribution is 2.27. The summed E-state index contributed by atoms with van der Waals surface area (Å²) < 4.78 is 0. The second-order valence-corrected chi connectivity index (χ2v) is 5.53. The van der Waals surface area contributed by atoms with Crippen molar-refractivity contribution in [2.75, 3.05) is 0 Å². The molecule has 1 heteroatoms. The van der Waals surface area contributed by atoms with Gasteiger partial charge in [-0.3, -0.25) is 0 Å². The largest absolute Gasteiger partial charge is 0.392 e. The summed E-state index contributed by atoms with van der Waals surface area (Å²) in [6.45, 7) is 11.1. The van der Waals surface area contributed by atoms with Gasteiger partial charge in [-0.2, -0.15) is 0 Å². The Kier molecular flexibility index (Phi) is 3.56. The smallest absolute Gasteiger partial charge is 0.0682 e. The summed E-state index contributed by atoms with van der Waals surface area (Å²) in [5.74, 6) is 0.512. The molecule has 0 heterocycles. The van der Waals surface area contributed by atoms with Crippen molar-refractivity contribution in [3.63, 3.8) is 0 Å². The molecule has 0 aliphatic heterocycles. The SMILES string of the molecule is CC(C)c1cc(CO)cc(C(C)(C)C)c1. The minimum absolute atomic E-state index is 0.129. The first-order valence-corrected chi connectivity index (χ1v) is 5.60. The van der Waals surface area contributed by atoms with Crippen molar-refractivity contribution in [3.8, 4) is 0 Å². The van der Waals surface area contributed by atoms with Crippen LogP contribution in [0.4, 0.5) is 0 Å². The van der Waals surface area contributed by atoms with Crippen LogP contribution in [0.2, 0.25) is 0 Å². The molecule has 0 saturated heterocycles. The Morgan fingerprint density at radius 2 is 1.73 bits per heavy atom. The van der Waals surface area contributed by atoms with Crippen LogP contribution in [0.5, 0.6) is 0 Å². The first kappa shape index (κ1) is 12.3. The third-order valence-electron chi connectivity index (χ3n) is 2.73. The molecule has 1 rings (SSSR count). The van der Waals surface area contributed by atoms with E-state index in [2.05, 4.69) is 52.8 Å². The highest BCUT2D eigenvalue weighted by atomic mass is 16.3. The van der Waals surface area contributed by atoms with Gasteiger partial charge in [0.25, 0.3) is 0 Å². The molecule has 0 unspecified atom stereocenters. The van der Waals surface area contributed by atoms with Crippen molar-refractivity contribution in [1.29, 1.82) is 0 Å². The molecular formula is C14H22O. The minimum Gasteiger partial charge on any atom is -0.392 e. The Labute approximate surface area is 93.1 Å². The van der Waals surface area contributed by atoms with Gasteiger partial charge >= 0.3 is 0 Å². The summed E-state index contributed by atoms with van der Waals surface area (Å²) in [5.41, 5.74) is 3.78. The van der Waals surface area contributed by atoms with Gasteiger partial charge in [-0.1, -0.05) is 52.8 Å². The molecule has 15 heavy (non-hydrogen) atoms. The summed E-state index contributed by atoms with van der Waals surface area (Å²) in [6.07, 6.45) is 0. The van der Waals surface area contributed by atoms with Crippen molar-refractivity contribution in [2.45, 2.75) is 52.6 Å². The Bertz CT molecular complexity index is 332. The molecule has 0 saturated carbocycles. The van der Waals surface area contributed by atoms with E-state index in [0.29, 0.717) is 5.92 Å². The first-order valence-electron chi connectivity index (χ1n) is 5.60. The van der Waals surface area contributed by atoms with E-state index in [9.17, 15) is 5.11 Å². The lowest BCUT2D eigenvalue weighted by Gasteiger charge is -2.22. The van der Waals surface area contributed by atoms with Gasteiger partial charge < -0.3 is 5.11 Å². The number of hydrogen-bond donors (Lipinski definition) is 1. The first-order chi connectivity index (χ1) is 6.84. The van der Waals surface area contributed by atoms with Crippen LogP contribution >= 0.6 is 0 Å². The van der Waals surface area contributed by atoms with E-state index < -0.39 is 0 Å². The fourth-order valence-corrected chi connectivity index (χ4v) is 1.58. The monoisotopic (exact) mass is 206 g/mol. The zero-order chi connectivity index (χ0) is 11.6. The number of benzene rings is 1. The zero-order valence-electron chi connectivity index (χ0n) is 10.5. The van der Waals surface area contributed by atoms with Crippen LogP contribution in [0.15, 0.2) is 18.2 Å². The predicted molar refractivity (Wildman–Crippen MR) is 65.2 cm³/mol. The molecular weight excluding hydrogens is 184 g/mol. The summed E-state index contributed by atoms with van der Waals surface area (Å²) in [7, 11) is 0. The third kappa shape index (κ3) is 3.07. The molecule has 0 aromatic heterocycles. The lowest BCUT2D eigenvalue weighted by Crippen LogP contribution is -2.12. The van der Waals surface area contributed by atoms with Gasteiger partial charge in [0.05, 0.1) is 6.61 Å². The van der Waals surface area contributed by atoms with E-state index in [1.54, 1.807) is 0 Å². The van der Waals surface area contributed by atoms with E-state index in [0.717, 1.165) is 5.56 Å². The molecule has 1 nitrogen and oxygen atoms in total. The van der Waals surface area contributed by atoms with E-state index in [1.165, 1.54) is 11.1 Å². The maximum absolute atomic E-state index is 9.23. The molecule has 84 valence electrons. The Morgan fingerprint density at radius 1 is 1.13 bits per heavy atom. The molecule has 0 aliphatic rings. The van der Waals surface area contributed by atoms with E-state index >= 15 is 0 Å². The second kappa shape index (κ2) is 4.36. The Morgan fingerprint density at radius 3 is 2.13 bits per heavy atom. The molecule has 1 aromatic carbocycles. The highest BCUT2D eigenvalue weighted by molar-refractivity contribution is 5.35. The van der Waals surface area contributed by atoms with Crippen LogP contribution < -0.4 is 0 Å². The van der Waals surface area contributed by atoms with Crippen LogP contribution in [0, 0.1) is 0 Å². The summed E-state index contributed by atoms with van der Waals surface area (Å²) in [6, 6.07) is 6.45. The third-order valence-corrected chi connectivity index (χ3v) is 2.73. The van der Waals surface area contributed by atoms with E-state index in [1.807, 2.05) is 0 Å². The number of hydrogen-bond acceptors (Lipinski definition) is 1. The quantitative estimate of drug-likeness (QED) is 0.784. The molecule has 0 aliphatic carbocycles. The van der Waals surface area contributed by atoms with Gasteiger partial charge in [-0.15, -0.1) is 0 Å². The number of rotatable bonds is 2. The zero-order valence-corrected chi connectivity index (χ0v) is 10.5. The van der Waals surface area contributed by atoms with E-state index in [4.69, 9.17) is 0 Å². The fourth-order valence-electron chi connectivity index (χ4n) is 1.58. The number of aliphatic hydroxyl groups excluding tert-OH is 1. The van der Waals surface area contributed by atoms with E-state index in [-0.39, 0.29) is 12.0 Å². The Hall–Kier alpha value is -0.820. The van der Waals surface area contributed by atoms with Crippen LogP contribution in [-0.2, 0) is 12.0 Å². The van der Waals surface area contributed by atoms with Gasteiger partial charge in [0.2, 0.25) is 0 Å². The topological polar surface area (TPSA) is 20.2 Å². The predicted octanol–water partition coefficient (Wildman–Crippen LogP) is 3.60. The summed E-state index contributed by atoms with van der Waals surface area (Å²) in [4.78, 5) is 0. The van der Waals surface area contributed by atoms with Crippen molar-refractivity contribution in [1.82, 2.24) is 0 Å². The fraction of sp³-hybridized carbons (Fsp3) is 0.571. The lowest BCUT2D eigenvalue weighted by molar-refractivity contribution is 0.281. The van der Waals surface area contributed by atoms with Gasteiger partial charge in [-0.05, 0) is 28.0 Å². The molecule has 0 spiro atoms. The molecule has 0 bridgehead atoms. The molecule has 1 aromatic rings. The average molecular weight is 206 g/mol. The standard InChI is InChI=1S/C14H22O/c1-10(2)12-6-11(9-15)7-13(8-12)14(3,4)5/h6-8,10,15H,9H2,1-5H3. The lowest BCUT2D eigenvalue weighted by atomic mass is 9.83. The maximum atomic E-state index is 9.23. The van der Waals surface area contributed by atoms with Crippen LogP contribution in [-0.4, -0.2) is 5.11 Å². The van der Waals surface area contributed by atoms with Crippen molar-refractivity contribution >= 4 is 0 Å². The molecule has 0 fully saturated rings. The highest BCUT2D eigenvalue weighted by Gasteiger charge is 2.15. The molecule has 1 N–H and O–H groups in total. The van der Waals surface area contributed by atoms with Crippen molar-refractivity contribution in [2.24, 2.45) is 0 Å². The van der Waals surface area contributed by atoms with Gasteiger partial charge in [0, 0.05) is 0 Å². The molecule has 0 amide bonds. The Balaban J connectivity index is 3.23. The molecule has 0 radical (unpaired) electrons. The summed E-state index contributed by atoms with van der Waals surface area (Å²) in [5, 5.41) is 9.23. The summed E-state index contributed by atoms with van der Waals surface area (Å²) >= 11 is 0. The number of aliphatic hydroxyl groups is 1.